The van der Waals surface area contributed by atoms with Crippen molar-refractivity contribution in [3.05, 3.63) is 0 Å². The van der Waals surface area contributed by atoms with Crippen LogP contribution >= 0.6 is 11.8 Å². The molecule has 2 saturated heterocycles. The Labute approximate surface area is 182 Å². The highest BCUT2D eigenvalue weighted by Gasteiger charge is 2.36. The van der Waals surface area contributed by atoms with E-state index in [1.807, 2.05) is 11.9 Å². The molecule has 0 aromatic heterocycles. The molecular formula is C21H34N4O4S. The molecule has 1 unspecified atom stereocenters. The molecule has 3 aliphatic rings. The Morgan fingerprint density at radius 3 is 2.37 bits per heavy atom. The predicted octanol–water partition coefficient (Wildman–Crippen LogP) is 1.89. The smallest absolute Gasteiger partial charge is 0.309 e. The number of ketones is 1. The van der Waals surface area contributed by atoms with Crippen molar-refractivity contribution in [3.8, 4) is 0 Å². The first-order valence-electron chi connectivity index (χ1n) is 11.1. The summed E-state index contributed by atoms with van der Waals surface area (Å²) in [4.78, 5) is 40.5. The first kappa shape index (κ1) is 23.1. The van der Waals surface area contributed by atoms with Gasteiger partial charge in [0.25, 0.3) is 0 Å². The van der Waals surface area contributed by atoms with Crippen LogP contribution < -0.4 is 10.7 Å². The minimum atomic E-state index is -0.822. The molecule has 2 atom stereocenters. The Balaban J connectivity index is 1.66. The fourth-order valence-corrected chi connectivity index (χ4v) is 5.37. The second kappa shape index (κ2) is 11.1. The Kier molecular flexibility index (Phi) is 8.56. The molecule has 3 rings (SSSR count). The van der Waals surface area contributed by atoms with E-state index >= 15 is 0 Å². The molecule has 168 valence electrons. The topological polar surface area (TPSA) is 100 Å². The van der Waals surface area contributed by atoms with Crippen molar-refractivity contribution >= 4 is 34.5 Å². The van der Waals surface area contributed by atoms with E-state index < -0.39 is 17.7 Å². The SMILES string of the molecule is C[C@H]1CSC(=NNC(=O)C(=O)C(NC(=O)C2CCCCCC2)C2CCOCC2)N1C. The third-order valence-electron chi connectivity index (χ3n) is 6.44. The summed E-state index contributed by atoms with van der Waals surface area (Å²) in [5, 5.41) is 7.76. The highest BCUT2D eigenvalue weighted by atomic mass is 32.2. The highest BCUT2D eigenvalue weighted by Crippen LogP contribution is 2.25. The molecule has 0 aromatic rings. The summed E-state index contributed by atoms with van der Waals surface area (Å²) in [6.07, 6.45) is 7.38. The van der Waals surface area contributed by atoms with E-state index in [9.17, 15) is 14.4 Å². The summed E-state index contributed by atoms with van der Waals surface area (Å²) >= 11 is 1.54. The zero-order valence-electron chi connectivity index (χ0n) is 18.0. The van der Waals surface area contributed by atoms with Crippen molar-refractivity contribution in [2.45, 2.75) is 70.4 Å². The van der Waals surface area contributed by atoms with Gasteiger partial charge in [-0.2, -0.15) is 0 Å². The van der Waals surface area contributed by atoms with Crippen molar-refractivity contribution < 1.29 is 19.1 Å². The van der Waals surface area contributed by atoms with E-state index in [1.165, 1.54) is 0 Å². The van der Waals surface area contributed by atoms with Crippen LogP contribution in [0.1, 0.15) is 58.3 Å². The third-order valence-corrected chi connectivity index (χ3v) is 7.72. The van der Waals surface area contributed by atoms with Crippen LogP contribution in [0.15, 0.2) is 5.10 Å². The van der Waals surface area contributed by atoms with Gasteiger partial charge in [-0.05, 0) is 38.5 Å². The average Bonchev–Trinajstić information content (AvgIpc) is 2.95. The molecule has 2 amide bonds. The molecule has 0 radical (unpaired) electrons. The summed E-state index contributed by atoms with van der Waals surface area (Å²) < 4.78 is 5.41. The maximum absolute atomic E-state index is 13.0. The number of amides is 2. The van der Waals surface area contributed by atoms with Gasteiger partial charge in [-0.15, -0.1) is 5.10 Å². The van der Waals surface area contributed by atoms with Gasteiger partial charge in [-0.25, -0.2) is 5.43 Å². The second-order valence-corrected chi connectivity index (χ2v) is 9.58. The zero-order valence-corrected chi connectivity index (χ0v) is 18.8. The van der Waals surface area contributed by atoms with Gasteiger partial charge in [0.15, 0.2) is 5.17 Å². The molecule has 0 aromatic carbocycles. The van der Waals surface area contributed by atoms with Crippen LogP contribution in [0.25, 0.3) is 0 Å². The largest absolute Gasteiger partial charge is 0.381 e. The van der Waals surface area contributed by atoms with Gasteiger partial charge in [0.1, 0.15) is 6.04 Å². The van der Waals surface area contributed by atoms with E-state index in [4.69, 9.17) is 4.74 Å². The minimum absolute atomic E-state index is 0.0732. The maximum atomic E-state index is 13.0. The number of amidine groups is 1. The fourth-order valence-electron chi connectivity index (χ4n) is 4.26. The normalized spacial score (nSPS) is 26.3. The molecule has 30 heavy (non-hydrogen) atoms. The fraction of sp³-hybridized carbons (Fsp3) is 0.810. The quantitative estimate of drug-likeness (QED) is 0.373. The average molecular weight is 439 g/mol. The third kappa shape index (κ3) is 5.97. The number of nitrogens with one attached hydrogen (secondary N) is 2. The molecule has 2 N–H and O–H groups in total. The molecule has 3 fully saturated rings. The molecule has 8 nitrogen and oxygen atoms in total. The summed E-state index contributed by atoms with van der Waals surface area (Å²) in [6.45, 7) is 3.15. The Morgan fingerprint density at radius 2 is 1.77 bits per heavy atom. The van der Waals surface area contributed by atoms with Crippen LogP contribution in [-0.2, 0) is 19.1 Å². The number of hydrazone groups is 1. The first-order valence-corrected chi connectivity index (χ1v) is 12.1. The molecule has 9 heteroatoms. The van der Waals surface area contributed by atoms with Crippen molar-refractivity contribution in [3.63, 3.8) is 0 Å². The number of thioether (sulfide) groups is 1. The lowest BCUT2D eigenvalue weighted by Gasteiger charge is -2.30. The lowest BCUT2D eigenvalue weighted by atomic mass is 9.87. The summed E-state index contributed by atoms with van der Waals surface area (Å²) in [7, 11) is 1.91. The van der Waals surface area contributed by atoms with Crippen molar-refractivity contribution in [2.24, 2.45) is 16.9 Å². The number of rotatable bonds is 6. The van der Waals surface area contributed by atoms with E-state index in [1.54, 1.807) is 11.8 Å². The number of nitrogens with zero attached hydrogens (tertiary/aromatic N) is 2. The number of ether oxygens (including phenoxy) is 1. The molecular weight excluding hydrogens is 404 g/mol. The molecule has 2 heterocycles. The van der Waals surface area contributed by atoms with E-state index in [-0.39, 0.29) is 17.7 Å². The standard InChI is InChI=1S/C21H34N4O4S/c1-14-13-30-21(25(14)2)24-23-20(28)18(26)17(15-9-11-29-12-10-15)22-19(27)16-7-5-3-4-6-8-16/h14-17H,3-13H2,1-2H3,(H,22,27)(H,23,28)/t14-,17?/m0/s1. The predicted molar refractivity (Wildman–Crippen MR) is 117 cm³/mol. The molecule has 1 aliphatic carbocycles. The van der Waals surface area contributed by atoms with Gasteiger partial charge >= 0.3 is 5.91 Å². The number of Topliss-reactive ketones (excluding diaryl/α,β-unsaturated/α-hetero) is 1. The van der Waals surface area contributed by atoms with Crippen molar-refractivity contribution in [1.82, 2.24) is 15.6 Å². The summed E-state index contributed by atoms with van der Waals surface area (Å²) in [6, 6.07) is -0.493. The van der Waals surface area contributed by atoms with Crippen molar-refractivity contribution in [1.29, 1.82) is 0 Å². The van der Waals surface area contributed by atoms with Crippen LogP contribution in [0, 0.1) is 11.8 Å². The van der Waals surface area contributed by atoms with Crippen LogP contribution in [0.5, 0.6) is 0 Å². The highest BCUT2D eigenvalue weighted by molar-refractivity contribution is 8.14. The monoisotopic (exact) mass is 438 g/mol. The van der Waals surface area contributed by atoms with Gasteiger partial charge in [0.2, 0.25) is 11.7 Å². The number of hydrogen-bond donors (Lipinski definition) is 2. The van der Waals surface area contributed by atoms with E-state index in [2.05, 4.69) is 22.8 Å². The first-order chi connectivity index (χ1) is 14.5. The Hall–Kier alpha value is -1.61. The van der Waals surface area contributed by atoms with Crippen LogP contribution in [0.4, 0.5) is 0 Å². The Morgan fingerprint density at radius 1 is 1.10 bits per heavy atom. The Bertz CT molecular complexity index is 657. The number of carbonyl (C=O) groups excluding carboxylic acids is 3. The maximum Gasteiger partial charge on any atom is 0.309 e. The van der Waals surface area contributed by atoms with Gasteiger partial charge in [-0.3, -0.25) is 14.4 Å². The van der Waals surface area contributed by atoms with Crippen LogP contribution in [0.3, 0.4) is 0 Å². The summed E-state index contributed by atoms with van der Waals surface area (Å²) in [5.41, 5.74) is 2.41. The summed E-state index contributed by atoms with van der Waals surface area (Å²) in [5.74, 6) is -0.762. The van der Waals surface area contributed by atoms with Gasteiger partial charge in [0.05, 0.1) is 0 Å². The lowest BCUT2D eigenvalue weighted by Crippen LogP contribution is -2.53. The molecule has 1 saturated carbocycles. The van der Waals surface area contributed by atoms with Crippen LogP contribution in [0.2, 0.25) is 0 Å². The second-order valence-electron chi connectivity index (χ2n) is 8.60. The minimum Gasteiger partial charge on any atom is -0.381 e. The van der Waals surface area contributed by atoms with Gasteiger partial charge < -0.3 is 15.0 Å². The molecule has 0 spiro atoms. The van der Waals surface area contributed by atoms with E-state index in [0.29, 0.717) is 37.3 Å². The lowest BCUT2D eigenvalue weighted by molar-refractivity contribution is -0.142. The number of hydrogen-bond acceptors (Lipinski definition) is 6. The van der Waals surface area contributed by atoms with Crippen molar-refractivity contribution in [2.75, 3.05) is 26.0 Å². The zero-order chi connectivity index (χ0) is 21.5. The number of carbonyl (C=O) groups is 3. The van der Waals surface area contributed by atoms with Crippen LogP contribution in [-0.4, -0.2) is 65.8 Å². The van der Waals surface area contributed by atoms with E-state index in [0.717, 1.165) is 44.3 Å². The van der Waals surface area contributed by atoms with Gasteiger partial charge in [-0.1, -0.05) is 37.4 Å². The molecule has 2 aliphatic heterocycles. The van der Waals surface area contributed by atoms with Gasteiger partial charge in [0, 0.05) is 38.0 Å². The molecule has 0 bridgehead atoms.